The van der Waals surface area contributed by atoms with Crippen LogP contribution in [0.25, 0.3) is 0 Å². The van der Waals surface area contributed by atoms with E-state index in [1.165, 1.54) is 11.3 Å². The number of hydrogen-bond donors (Lipinski definition) is 2. The number of anilines is 1. The summed E-state index contributed by atoms with van der Waals surface area (Å²) in [5.41, 5.74) is 2.06. The maximum Gasteiger partial charge on any atom is 0.0860 e. The highest BCUT2D eigenvalue weighted by Crippen LogP contribution is 2.34. The fraction of sp³-hybridized carbons (Fsp3) is 0.647. The van der Waals surface area contributed by atoms with Gasteiger partial charge in [-0.15, -0.1) is 0 Å². The van der Waals surface area contributed by atoms with Gasteiger partial charge in [0.1, 0.15) is 0 Å². The second kappa shape index (κ2) is 5.74. The Morgan fingerprint density at radius 2 is 2.15 bits per heavy atom. The maximum absolute atomic E-state index is 11.1. The summed E-state index contributed by atoms with van der Waals surface area (Å²) in [7, 11) is 0. The molecule has 3 nitrogen and oxygen atoms in total. The fourth-order valence-corrected chi connectivity index (χ4v) is 3.70. The molecule has 2 aliphatic rings. The smallest absolute Gasteiger partial charge is 0.0860 e. The van der Waals surface area contributed by atoms with E-state index in [0.29, 0.717) is 0 Å². The molecule has 0 saturated carbocycles. The van der Waals surface area contributed by atoms with E-state index in [2.05, 4.69) is 41.4 Å². The van der Waals surface area contributed by atoms with E-state index in [1.54, 1.807) is 0 Å². The van der Waals surface area contributed by atoms with Gasteiger partial charge in [0, 0.05) is 12.2 Å². The summed E-state index contributed by atoms with van der Waals surface area (Å²) in [6, 6.07) is 8.70. The van der Waals surface area contributed by atoms with Crippen LogP contribution in [0.3, 0.4) is 0 Å². The van der Waals surface area contributed by atoms with Crippen molar-refractivity contribution in [2.24, 2.45) is 0 Å². The van der Waals surface area contributed by atoms with Crippen molar-refractivity contribution < 1.29 is 5.11 Å². The molecule has 0 bridgehead atoms. The van der Waals surface area contributed by atoms with Crippen LogP contribution >= 0.6 is 0 Å². The average molecular weight is 274 g/mol. The molecule has 2 heterocycles. The number of benzene rings is 1. The summed E-state index contributed by atoms with van der Waals surface area (Å²) in [4.78, 5) is 2.45. The van der Waals surface area contributed by atoms with E-state index in [1.807, 2.05) is 0 Å². The lowest BCUT2D eigenvalue weighted by atomic mass is 9.81. The van der Waals surface area contributed by atoms with Gasteiger partial charge in [-0.25, -0.2) is 0 Å². The molecule has 110 valence electrons. The van der Waals surface area contributed by atoms with Crippen LogP contribution in [0.5, 0.6) is 0 Å². The highest BCUT2D eigenvalue weighted by Gasteiger charge is 2.39. The Kier molecular flexibility index (Phi) is 3.99. The van der Waals surface area contributed by atoms with Crippen LogP contribution in [-0.2, 0) is 6.42 Å². The second-order valence-electron chi connectivity index (χ2n) is 6.28. The normalized spacial score (nSPS) is 31.2. The predicted molar refractivity (Wildman–Crippen MR) is 83.1 cm³/mol. The summed E-state index contributed by atoms with van der Waals surface area (Å²) >= 11 is 0. The Bertz CT molecular complexity index is 462. The van der Waals surface area contributed by atoms with Gasteiger partial charge < -0.3 is 15.3 Å². The lowest BCUT2D eigenvalue weighted by Gasteiger charge is -2.39. The van der Waals surface area contributed by atoms with Crippen molar-refractivity contribution >= 4 is 5.69 Å². The molecule has 1 saturated heterocycles. The number of likely N-dealkylation sites (tertiary alicyclic amines) is 1. The van der Waals surface area contributed by atoms with E-state index < -0.39 is 5.60 Å². The van der Waals surface area contributed by atoms with Crippen molar-refractivity contribution in [1.29, 1.82) is 0 Å². The zero-order chi connectivity index (χ0) is 14.0. The molecule has 20 heavy (non-hydrogen) atoms. The molecule has 1 fully saturated rings. The van der Waals surface area contributed by atoms with E-state index in [-0.39, 0.29) is 6.04 Å². The number of fused-ring (bicyclic) bond motifs is 1. The van der Waals surface area contributed by atoms with Crippen molar-refractivity contribution in [1.82, 2.24) is 4.90 Å². The first-order valence-corrected chi connectivity index (χ1v) is 8.00. The van der Waals surface area contributed by atoms with Gasteiger partial charge in [-0.2, -0.15) is 0 Å². The SMILES string of the molecule is CCN1CCCC(O)(C2CCc3ccccc3N2)CC1. The first-order valence-electron chi connectivity index (χ1n) is 8.00. The number of nitrogens with one attached hydrogen (secondary N) is 1. The molecular weight excluding hydrogens is 248 g/mol. The number of hydrogen-bond acceptors (Lipinski definition) is 3. The average Bonchev–Trinajstić information content (AvgIpc) is 2.69. The van der Waals surface area contributed by atoms with Gasteiger partial charge in [0.25, 0.3) is 0 Å². The molecule has 0 spiro atoms. The number of nitrogens with zero attached hydrogens (tertiary/aromatic N) is 1. The molecule has 1 aromatic carbocycles. The Morgan fingerprint density at radius 3 is 3.00 bits per heavy atom. The Labute approximate surface area is 122 Å². The third kappa shape index (κ3) is 2.70. The highest BCUT2D eigenvalue weighted by molar-refractivity contribution is 5.54. The van der Waals surface area contributed by atoms with E-state index in [4.69, 9.17) is 0 Å². The third-order valence-corrected chi connectivity index (χ3v) is 5.09. The standard InChI is InChI=1S/C17H26N2O/c1-2-19-12-5-10-17(20,11-13-19)16-9-8-14-6-3-4-7-15(14)18-16/h3-4,6-7,16,18,20H,2,5,8-13H2,1H3. The van der Waals surface area contributed by atoms with Crippen molar-refractivity contribution in [2.45, 2.75) is 50.7 Å². The van der Waals surface area contributed by atoms with Gasteiger partial charge in [-0.1, -0.05) is 25.1 Å². The van der Waals surface area contributed by atoms with E-state index >= 15 is 0 Å². The number of aryl methyl sites for hydroxylation is 1. The number of para-hydroxylation sites is 1. The van der Waals surface area contributed by atoms with Gasteiger partial charge in [-0.05, 0) is 56.8 Å². The maximum atomic E-state index is 11.1. The van der Waals surface area contributed by atoms with Crippen molar-refractivity contribution in [3.8, 4) is 0 Å². The predicted octanol–water partition coefficient (Wildman–Crippen LogP) is 2.65. The van der Waals surface area contributed by atoms with E-state index in [9.17, 15) is 5.11 Å². The van der Waals surface area contributed by atoms with Crippen LogP contribution in [0.4, 0.5) is 5.69 Å². The summed E-state index contributed by atoms with van der Waals surface area (Å²) in [5, 5.41) is 14.7. The van der Waals surface area contributed by atoms with Crippen LogP contribution in [0.15, 0.2) is 24.3 Å². The summed E-state index contributed by atoms with van der Waals surface area (Å²) in [6.07, 6.45) is 5.03. The van der Waals surface area contributed by atoms with Gasteiger partial charge >= 0.3 is 0 Å². The first-order chi connectivity index (χ1) is 9.71. The molecule has 3 heteroatoms. The summed E-state index contributed by atoms with van der Waals surface area (Å²) in [5.74, 6) is 0. The minimum atomic E-state index is -0.544. The largest absolute Gasteiger partial charge is 0.388 e. The highest BCUT2D eigenvalue weighted by atomic mass is 16.3. The number of rotatable bonds is 2. The molecule has 0 aromatic heterocycles. The van der Waals surface area contributed by atoms with Crippen LogP contribution in [0.2, 0.25) is 0 Å². The van der Waals surface area contributed by atoms with Crippen molar-refractivity contribution in [3.63, 3.8) is 0 Å². The molecule has 3 rings (SSSR count). The van der Waals surface area contributed by atoms with Gasteiger partial charge in [0.2, 0.25) is 0 Å². The molecule has 2 unspecified atom stereocenters. The van der Waals surface area contributed by atoms with Crippen LogP contribution in [-0.4, -0.2) is 41.3 Å². The quantitative estimate of drug-likeness (QED) is 0.870. The summed E-state index contributed by atoms with van der Waals surface area (Å²) < 4.78 is 0. The van der Waals surface area contributed by atoms with Crippen molar-refractivity contribution in [3.05, 3.63) is 29.8 Å². The zero-order valence-corrected chi connectivity index (χ0v) is 12.4. The van der Waals surface area contributed by atoms with Crippen molar-refractivity contribution in [2.75, 3.05) is 25.0 Å². The third-order valence-electron chi connectivity index (χ3n) is 5.09. The molecule has 2 atom stereocenters. The number of aliphatic hydroxyl groups is 1. The van der Waals surface area contributed by atoms with Gasteiger partial charge in [-0.3, -0.25) is 0 Å². The second-order valence-corrected chi connectivity index (χ2v) is 6.28. The monoisotopic (exact) mass is 274 g/mol. The molecule has 2 aliphatic heterocycles. The lowest BCUT2D eigenvalue weighted by molar-refractivity contribution is 0.00354. The van der Waals surface area contributed by atoms with Crippen LogP contribution in [0, 0.1) is 0 Å². The van der Waals surface area contributed by atoms with E-state index in [0.717, 1.165) is 51.7 Å². The lowest BCUT2D eigenvalue weighted by Crippen LogP contribution is -2.49. The molecule has 0 radical (unpaired) electrons. The zero-order valence-electron chi connectivity index (χ0n) is 12.4. The van der Waals surface area contributed by atoms with Crippen LogP contribution < -0.4 is 5.32 Å². The Hall–Kier alpha value is -1.06. The van der Waals surface area contributed by atoms with Crippen LogP contribution in [0.1, 0.15) is 38.2 Å². The first kappa shape index (κ1) is 13.9. The molecule has 0 amide bonds. The topological polar surface area (TPSA) is 35.5 Å². The van der Waals surface area contributed by atoms with Gasteiger partial charge in [0.05, 0.1) is 11.6 Å². The molecule has 1 aromatic rings. The Morgan fingerprint density at radius 1 is 1.30 bits per heavy atom. The fourth-order valence-electron chi connectivity index (χ4n) is 3.70. The molecule has 0 aliphatic carbocycles. The minimum Gasteiger partial charge on any atom is -0.388 e. The molecular formula is C17H26N2O. The Balaban J connectivity index is 1.73. The summed E-state index contributed by atoms with van der Waals surface area (Å²) in [6.45, 7) is 5.45. The minimum absolute atomic E-state index is 0.203. The molecule has 2 N–H and O–H groups in total. The van der Waals surface area contributed by atoms with Gasteiger partial charge in [0.15, 0.2) is 0 Å².